The summed E-state index contributed by atoms with van der Waals surface area (Å²) in [7, 11) is 0. The van der Waals surface area contributed by atoms with Crippen LogP contribution < -0.4 is 0 Å². The lowest BCUT2D eigenvalue weighted by Crippen LogP contribution is -2.46. The van der Waals surface area contributed by atoms with Crippen LogP contribution in [0.5, 0.6) is 0 Å². The molecule has 2 atom stereocenters. The van der Waals surface area contributed by atoms with Crippen LogP contribution in [0.4, 0.5) is 0 Å². The maximum absolute atomic E-state index is 13.0. The lowest BCUT2D eigenvalue weighted by atomic mass is 10.1. The van der Waals surface area contributed by atoms with Gasteiger partial charge in [0.25, 0.3) is 11.8 Å². The molecule has 0 unspecified atom stereocenters. The van der Waals surface area contributed by atoms with Gasteiger partial charge in [-0.25, -0.2) is 0 Å². The predicted octanol–water partition coefficient (Wildman–Crippen LogP) is 2.75. The number of H-pyrrole nitrogens is 1. The standard InChI is InChI=1S/C18H22N4O3/c1-10-8-22(18(23)15-13(6-7-19-15)11-2-3-11)9-14(24-10)17-20-16(21-25-17)12-4-5-12/h6-7,10-12,14,19H,2-5,8-9H2,1H3/t10-,14-/m1/s1. The Bertz CT molecular complexity index is 790. The Kier molecular flexibility index (Phi) is 3.45. The Morgan fingerprint density at radius 3 is 2.80 bits per heavy atom. The van der Waals surface area contributed by atoms with Gasteiger partial charge in [0.15, 0.2) is 11.9 Å². The molecule has 3 aliphatic rings. The number of nitrogens with zero attached hydrogens (tertiary/aromatic N) is 3. The highest BCUT2D eigenvalue weighted by Gasteiger charge is 2.37. The fourth-order valence-corrected chi connectivity index (χ4v) is 3.60. The Morgan fingerprint density at radius 2 is 2.04 bits per heavy atom. The van der Waals surface area contributed by atoms with Crippen LogP contribution in [-0.4, -0.2) is 45.1 Å². The number of ether oxygens (including phenoxy) is 1. The number of carbonyl (C=O) groups excluding carboxylic acids is 1. The molecule has 132 valence electrons. The van der Waals surface area contributed by atoms with Gasteiger partial charge in [-0.05, 0) is 50.2 Å². The summed E-state index contributed by atoms with van der Waals surface area (Å²) in [5, 5.41) is 4.07. The summed E-state index contributed by atoms with van der Waals surface area (Å²) in [6, 6.07) is 2.03. The van der Waals surface area contributed by atoms with Gasteiger partial charge in [-0.1, -0.05) is 5.16 Å². The quantitative estimate of drug-likeness (QED) is 0.923. The van der Waals surface area contributed by atoms with E-state index in [4.69, 9.17) is 9.26 Å². The van der Waals surface area contributed by atoms with Crippen molar-refractivity contribution in [1.82, 2.24) is 20.0 Å². The van der Waals surface area contributed by atoms with Crippen LogP contribution in [0.3, 0.4) is 0 Å². The summed E-state index contributed by atoms with van der Waals surface area (Å²) in [5.74, 6) is 2.27. The monoisotopic (exact) mass is 342 g/mol. The molecule has 1 N–H and O–H groups in total. The Labute approximate surface area is 145 Å². The Hall–Kier alpha value is -2.15. The van der Waals surface area contributed by atoms with Crippen LogP contribution in [0, 0.1) is 0 Å². The fraction of sp³-hybridized carbons (Fsp3) is 0.611. The lowest BCUT2D eigenvalue weighted by molar-refractivity contribution is -0.0811. The van der Waals surface area contributed by atoms with E-state index in [1.165, 1.54) is 12.8 Å². The molecule has 2 aromatic rings. The third kappa shape index (κ3) is 2.86. The second-order valence-corrected chi connectivity index (χ2v) is 7.49. The van der Waals surface area contributed by atoms with Crippen LogP contribution in [0.2, 0.25) is 0 Å². The van der Waals surface area contributed by atoms with Crippen molar-refractivity contribution in [3.05, 3.63) is 35.2 Å². The average Bonchev–Trinajstić information content (AvgIpc) is 3.54. The summed E-state index contributed by atoms with van der Waals surface area (Å²) in [5.41, 5.74) is 1.87. The van der Waals surface area contributed by atoms with Gasteiger partial charge < -0.3 is 19.1 Å². The lowest BCUT2D eigenvalue weighted by Gasteiger charge is -2.35. The molecule has 3 fully saturated rings. The van der Waals surface area contributed by atoms with Crippen LogP contribution in [0.15, 0.2) is 16.8 Å². The predicted molar refractivity (Wildman–Crippen MR) is 88.2 cm³/mol. The minimum atomic E-state index is -0.355. The van der Waals surface area contributed by atoms with E-state index in [1.807, 2.05) is 24.1 Å². The van der Waals surface area contributed by atoms with E-state index < -0.39 is 0 Å². The van der Waals surface area contributed by atoms with Crippen molar-refractivity contribution in [3.63, 3.8) is 0 Å². The first-order chi connectivity index (χ1) is 12.2. The molecule has 2 aliphatic carbocycles. The molecular formula is C18H22N4O3. The highest BCUT2D eigenvalue weighted by atomic mass is 16.5. The summed E-state index contributed by atoms with van der Waals surface area (Å²) >= 11 is 0. The number of rotatable bonds is 4. The van der Waals surface area contributed by atoms with E-state index in [9.17, 15) is 4.79 Å². The molecule has 7 heteroatoms. The summed E-state index contributed by atoms with van der Waals surface area (Å²) in [6.07, 6.45) is 6.04. The summed E-state index contributed by atoms with van der Waals surface area (Å²) in [4.78, 5) is 22.5. The molecule has 3 heterocycles. The molecule has 1 saturated heterocycles. The van der Waals surface area contributed by atoms with Gasteiger partial charge in [-0.15, -0.1) is 0 Å². The van der Waals surface area contributed by atoms with E-state index in [2.05, 4.69) is 15.1 Å². The highest BCUT2D eigenvalue weighted by molar-refractivity contribution is 5.94. The van der Waals surface area contributed by atoms with E-state index in [-0.39, 0.29) is 18.1 Å². The zero-order valence-corrected chi connectivity index (χ0v) is 14.3. The normalized spacial score (nSPS) is 26.8. The number of aromatic amines is 1. The molecule has 7 nitrogen and oxygen atoms in total. The van der Waals surface area contributed by atoms with Crippen molar-refractivity contribution >= 4 is 5.91 Å². The fourth-order valence-electron chi connectivity index (χ4n) is 3.60. The van der Waals surface area contributed by atoms with Gasteiger partial charge in [0.05, 0.1) is 12.6 Å². The van der Waals surface area contributed by atoms with Crippen LogP contribution in [0.25, 0.3) is 0 Å². The maximum atomic E-state index is 13.0. The molecule has 0 aromatic carbocycles. The van der Waals surface area contributed by atoms with E-state index in [0.29, 0.717) is 30.8 Å². The van der Waals surface area contributed by atoms with Crippen LogP contribution >= 0.6 is 0 Å². The SMILES string of the molecule is C[C@@H]1CN(C(=O)c2[nH]ccc2C2CC2)C[C@H](c2nc(C3CC3)no2)O1. The van der Waals surface area contributed by atoms with Crippen molar-refractivity contribution in [2.45, 2.75) is 56.7 Å². The molecule has 1 amide bonds. The Morgan fingerprint density at radius 1 is 1.24 bits per heavy atom. The average molecular weight is 342 g/mol. The van der Waals surface area contributed by atoms with Gasteiger partial charge in [-0.3, -0.25) is 4.79 Å². The first-order valence-corrected chi connectivity index (χ1v) is 9.14. The van der Waals surface area contributed by atoms with Gasteiger partial charge in [0, 0.05) is 18.7 Å². The van der Waals surface area contributed by atoms with Gasteiger partial charge >= 0.3 is 0 Å². The minimum absolute atomic E-state index is 0.0361. The summed E-state index contributed by atoms with van der Waals surface area (Å²) < 4.78 is 11.4. The van der Waals surface area contributed by atoms with E-state index >= 15 is 0 Å². The largest absolute Gasteiger partial charge is 0.362 e. The second kappa shape index (κ2) is 5.69. The molecule has 0 bridgehead atoms. The van der Waals surface area contributed by atoms with Crippen molar-refractivity contribution < 1.29 is 14.1 Å². The van der Waals surface area contributed by atoms with Crippen molar-refractivity contribution in [2.75, 3.05) is 13.1 Å². The van der Waals surface area contributed by atoms with Crippen LogP contribution in [0.1, 0.15) is 78.3 Å². The number of nitrogens with one attached hydrogen (secondary N) is 1. The maximum Gasteiger partial charge on any atom is 0.270 e. The third-order valence-electron chi connectivity index (χ3n) is 5.23. The number of amides is 1. The molecule has 0 radical (unpaired) electrons. The second-order valence-electron chi connectivity index (χ2n) is 7.49. The van der Waals surface area contributed by atoms with Gasteiger partial charge in [0.2, 0.25) is 0 Å². The molecule has 5 rings (SSSR count). The van der Waals surface area contributed by atoms with Crippen molar-refractivity contribution in [2.24, 2.45) is 0 Å². The van der Waals surface area contributed by atoms with Gasteiger partial charge in [-0.2, -0.15) is 4.98 Å². The minimum Gasteiger partial charge on any atom is -0.362 e. The van der Waals surface area contributed by atoms with Crippen molar-refractivity contribution in [3.8, 4) is 0 Å². The van der Waals surface area contributed by atoms with E-state index in [1.54, 1.807) is 0 Å². The molecule has 1 aliphatic heterocycles. The Balaban J connectivity index is 1.35. The zero-order chi connectivity index (χ0) is 17.0. The number of hydrogen-bond acceptors (Lipinski definition) is 5. The first kappa shape index (κ1) is 15.1. The number of hydrogen-bond donors (Lipinski definition) is 1. The molecule has 2 aromatic heterocycles. The molecule has 2 saturated carbocycles. The first-order valence-electron chi connectivity index (χ1n) is 9.14. The van der Waals surface area contributed by atoms with E-state index in [0.717, 1.165) is 29.9 Å². The smallest absolute Gasteiger partial charge is 0.270 e. The molecule has 25 heavy (non-hydrogen) atoms. The highest BCUT2D eigenvalue weighted by Crippen LogP contribution is 2.42. The number of morpholine rings is 1. The van der Waals surface area contributed by atoms with Crippen molar-refractivity contribution in [1.29, 1.82) is 0 Å². The molecular weight excluding hydrogens is 320 g/mol. The van der Waals surface area contributed by atoms with Crippen LogP contribution in [-0.2, 0) is 4.74 Å². The number of aromatic nitrogens is 3. The third-order valence-corrected chi connectivity index (χ3v) is 5.23. The van der Waals surface area contributed by atoms with Gasteiger partial charge in [0.1, 0.15) is 5.69 Å². The zero-order valence-electron chi connectivity index (χ0n) is 14.3. The summed E-state index contributed by atoms with van der Waals surface area (Å²) in [6.45, 7) is 2.99. The topological polar surface area (TPSA) is 84.3 Å². The number of carbonyl (C=O) groups is 1. The molecule has 0 spiro atoms.